The fraction of sp³-hybridized carbons (Fsp3) is 0.462. The van der Waals surface area contributed by atoms with Gasteiger partial charge in [-0.3, -0.25) is 0 Å². The van der Waals surface area contributed by atoms with Gasteiger partial charge in [-0.2, -0.15) is 4.98 Å². The summed E-state index contributed by atoms with van der Waals surface area (Å²) in [4.78, 5) is 4.43. The summed E-state index contributed by atoms with van der Waals surface area (Å²) in [6.45, 7) is 11.4. The molecule has 1 atom stereocenters. The average Bonchev–Trinajstić information content (AvgIpc) is 2.60. The molecule has 0 fully saturated rings. The minimum atomic E-state index is -1.72. The van der Waals surface area contributed by atoms with Gasteiger partial charge in [0, 0.05) is 6.07 Å². The van der Waals surface area contributed by atoms with Crippen LogP contribution in [-0.2, 0) is 0 Å². The number of hydrogen-bond donors (Lipinski definition) is 0. The number of thiazole rings is 1. The Labute approximate surface area is 107 Å². The van der Waals surface area contributed by atoms with Gasteiger partial charge >= 0.3 is 0 Å². The van der Waals surface area contributed by atoms with Gasteiger partial charge in [0.05, 0.1) is 0 Å². The van der Waals surface area contributed by atoms with E-state index in [1.165, 1.54) is 4.70 Å². The van der Waals surface area contributed by atoms with Gasteiger partial charge in [-0.05, 0) is 24.2 Å². The van der Waals surface area contributed by atoms with Crippen molar-refractivity contribution in [2.45, 2.75) is 38.9 Å². The minimum Gasteiger partial charge on any atom is -0.204 e. The van der Waals surface area contributed by atoms with Crippen LogP contribution in [0.5, 0.6) is 0 Å². The predicted molar refractivity (Wildman–Crippen MR) is 78.0 cm³/mol. The van der Waals surface area contributed by atoms with Crippen molar-refractivity contribution in [3.63, 3.8) is 0 Å². The topological polar surface area (TPSA) is 22.1 Å². The molecule has 0 radical (unpaired) electrons. The van der Waals surface area contributed by atoms with E-state index >= 15 is 0 Å². The number of nitrogens with zero attached hydrogens (tertiary/aromatic N) is 1. The number of hydrogen-bond acceptors (Lipinski definition) is 2. The van der Waals surface area contributed by atoms with Gasteiger partial charge in [-0.1, -0.05) is 32.9 Å². The molecule has 0 amide bonds. The van der Waals surface area contributed by atoms with E-state index in [2.05, 4.69) is 51.0 Å². The van der Waals surface area contributed by atoms with Crippen molar-refractivity contribution in [2.24, 2.45) is 0 Å². The first-order valence-corrected chi connectivity index (χ1v) is 9.99. The molecule has 1 unspecified atom stereocenters. The molecule has 0 aliphatic rings. The second-order valence-corrected chi connectivity index (χ2v) is 12.3. The van der Waals surface area contributed by atoms with Crippen molar-refractivity contribution in [2.75, 3.05) is 0 Å². The van der Waals surface area contributed by atoms with Crippen LogP contribution in [0.15, 0.2) is 29.8 Å². The first kappa shape index (κ1) is 12.7. The Morgan fingerprint density at radius 2 is 1.82 bits per heavy atom. The molecule has 0 bridgehead atoms. The lowest BCUT2D eigenvalue weighted by atomic mass is 10.2. The molecule has 1 aromatic carbocycles. The van der Waals surface area contributed by atoms with Gasteiger partial charge in [0.15, 0.2) is 10.8 Å². The molecule has 0 spiro atoms. The van der Waals surface area contributed by atoms with Crippen LogP contribution in [0.2, 0.25) is 18.1 Å². The molecule has 0 aliphatic heterocycles. The standard InChI is InChI=1S/C13H20NOSSi/c1-13(2,3)17(4,5)15-16-10-14-11-8-6-7-9-12(11)16/h6-10H,1-5H3/q+1. The molecule has 17 heavy (non-hydrogen) atoms. The first-order chi connectivity index (χ1) is 7.81. The van der Waals surface area contributed by atoms with Crippen LogP contribution in [0.25, 0.3) is 10.2 Å². The Hall–Kier alpha value is -0.713. The van der Waals surface area contributed by atoms with E-state index in [1.807, 2.05) is 17.6 Å². The summed E-state index contributed by atoms with van der Waals surface area (Å²) < 4.78 is 7.64. The summed E-state index contributed by atoms with van der Waals surface area (Å²) in [7, 11) is -1.97. The zero-order valence-corrected chi connectivity index (χ0v) is 13.0. The van der Waals surface area contributed by atoms with Crippen LogP contribution in [0, 0.1) is 0 Å². The van der Waals surface area contributed by atoms with Crippen LogP contribution in [0.3, 0.4) is 0 Å². The summed E-state index contributed by atoms with van der Waals surface area (Å²) in [5.41, 5.74) is 3.03. The van der Waals surface area contributed by atoms with Crippen LogP contribution in [0.1, 0.15) is 20.8 Å². The smallest absolute Gasteiger partial charge is 0.204 e. The molecule has 0 N–H and O–H groups in total. The lowest BCUT2D eigenvalue weighted by Crippen LogP contribution is -2.43. The van der Waals surface area contributed by atoms with Gasteiger partial charge < -0.3 is 0 Å². The summed E-state index contributed by atoms with van der Waals surface area (Å²) in [6, 6.07) is 8.25. The van der Waals surface area contributed by atoms with Crippen molar-refractivity contribution in [3.05, 3.63) is 29.8 Å². The fourth-order valence-corrected chi connectivity index (χ4v) is 5.50. The quantitative estimate of drug-likeness (QED) is 0.593. The third kappa shape index (κ3) is 2.44. The van der Waals surface area contributed by atoms with E-state index in [9.17, 15) is 0 Å². The number of rotatable bonds is 2. The summed E-state index contributed by atoms with van der Waals surface area (Å²) >= 11 is 0. The van der Waals surface area contributed by atoms with Gasteiger partial charge in [0.1, 0.15) is 5.52 Å². The van der Waals surface area contributed by atoms with Gasteiger partial charge in [-0.15, -0.1) is 0 Å². The van der Waals surface area contributed by atoms with E-state index < -0.39 is 8.32 Å². The van der Waals surface area contributed by atoms with Crippen molar-refractivity contribution in [1.82, 2.24) is 4.98 Å². The third-order valence-corrected chi connectivity index (χ3v) is 10.5. The maximum absolute atomic E-state index is 6.41. The highest BCUT2D eigenvalue weighted by molar-refractivity contribution is 7.33. The highest BCUT2D eigenvalue weighted by Gasteiger charge is 2.43. The predicted octanol–water partition coefficient (Wildman–Crippen LogP) is 4.42. The van der Waals surface area contributed by atoms with E-state index in [0.717, 1.165) is 5.52 Å². The summed E-state index contributed by atoms with van der Waals surface area (Å²) in [5, 5.41) is 0.241. The Balaban J connectivity index is 2.37. The number of fused-ring (bicyclic) bond motifs is 1. The second-order valence-electron chi connectivity index (χ2n) is 5.84. The van der Waals surface area contributed by atoms with Crippen molar-refractivity contribution in [3.8, 4) is 0 Å². The Morgan fingerprint density at radius 3 is 2.47 bits per heavy atom. The van der Waals surface area contributed by atoms with Gasteiger partial charge in [0.25, 0.3) is 13.8 Å². The SMILES string of the molecule is CC(C)(C)[Si](C)(C)O[s+]1cnc2ccccc21. The Morgan fingerprint density at radius 1 is 1.18 bits per heavy atom. The fourth-order valence-electron chi connectivity index (χ4n) is 1.31. The lowest BCUT2D eigenvalue weighted by molar-refractivity contribution is 0.586. The zero-order valence-electron chi connectivity index (χ0n) is 11.2. The highest BCUT2D eigenvalue weighted by Crippen LogP contribution is 2.39. The number of para-hydroxylation sites is 1. The van der Waals surface area contributed by atoms with Crippen LogP contribution < -0.4 is 3.87 Å². The average molecular weight is 266 g/mol. The zero-order chi connectivity index (χ0) is 12.7. The normalized spacial score (nSPS) is 14.3. The Bertz CT molecular complexity index is 527. The molecule has 4 heteroatoms. The molecule has 2 nitrogen and oxygen atoms in total. The van der Waals surface area contributed by atoms with Crippen molar-refractivity contribution >= 4 is 29.3 Å². The molecule has 2 rings (SSSR count). The maximum Gasteiger partial charge on any atom is 0.274 e. The van der Waals surface area contributed by atoms with E-state index in [-0.39, 0.29) is 15.8 Å². The molecule has 92 valence electrons. The highest BCUT2D eigenvalue weighted by atomic mass is 32.2. The Kier molecular flexibility index (Phi) is 3.14. The molecule has 0 saturated heterocycles. The number of benzene rings is 1. The van der Waals surface area contributed by atoms with Crippen LogP contribution in [-0.4, -0.2) is 13.3 Å². The first-order valence-electron chi connectivity index (χ1n) is 5.87. The van der Waals surface area contributed by atoms with Crippen LogP contribution in [0.4, 0.5) is 0 Å². The number of aromatic nitrogens is 1. The molecule has 2 aromatic rings. The summed E-state index contributed by atoms with van der Waals surface area (Å²) in [5.74, 6) is 0. The van der Waals surface area contributed by atoms with Crippen LogP contribution >= 0.6 is 10.8 Å². The monoisotopic (exact) mass is 266 g/mol. The van der Waals surface area contributed by atoms with E-state index in [4.69, 9.17) is 3.87 Å². The largest absolute Gasteiger partial charge is 0.274 e. The van der Waals surface area contributed by atoms with Gasteiger partial charge in [0.2, 0.25) is 4.70 Å². The lowest BCUT2D eigenvalue weighted by Gasteiger charge is -2.30. The third-order valence-electron chi connectivity index (χ3n) is 3.47. The summed E-state index contributed by atoms with van der Waals surface area (Å²) in [6.07, 6.45) is 0. The maximum atomic E-state index is 6.41. The molecule has 1 aromatic heterocycles. The van der Waals surface area contributed by atoms with E-state index in [1.54, 1.807) is 0 Å². The van der Waals surface area contributed by atoms with Crippen molar-refractivity contribution < 1.29 is 3.87 Å². The molecule has 1 heterocycles. The van der Waals surface area contributed by atoms with Gasteiger partial charge in [-0.25, -0.2) is 3.87 Å². The molecule has 0 aliphatic carbocycles. The van der Waals surface area contributed by atoms with Crippen molar-refractivity contribution in [1.29, 1.82) is 0 Å². The second kappa shape index (κ2) is 4.19. The van der Waals surface area contributed by atoms with E-state index in [0.29, 0.717) is 0 Å². The molecular weight excluding hydrogens is 246 g/mol. The minimum absolute atomic E-state index is 0.241. The molecule has 0 saturated carbocycles. The molecular formula is C13H20NOSSi+.